The minimum atomic E-state index is -0.0493. The summed E-state index contributed by atoms with van der Waals surface area (Å²) in [6, 6.07) is 2.22. The molecule has 1 N–H and O–H groups in total. The Hall–Kier alpha value is -1.34. The molecule has 1 aromatic heterocycles. The highest BCUT2D eigenvalue weighted by Gasteiger charge is 2.06. The predicted molar refractivity (Wildman–Crippen MR) is 59.3 cm³/mol. The van der Waals surface area contributed by atoms with Crippen LogP contribution in [0.3, 0.4) is 0 Å². The minimum Gasteiger partial charge on any atom is -0.335 e. The Bertz CT molecular complexity index is 324. The van der Waals surface area contributed by atoms with Crippen LogP contribution in [0.1, 0.15) is 25.6 Å². The van der Waals surface area contributed by atoms with Crippen molar-refractivity contribution in [1.29, 1.82) is 5.26 Å². The molecule has 0 fully saturated rings. The summed E-state index contributed by atoms with van der Waals surface area (Å²) in [6.45, 7) is 5.82. The summed E-state index contributed by atoms with van der Waals surface area (Å²) < 4.78 is 2.07. The van der Waals surface area contributed by atoms with Crippen molar-refractivity contribution in [3.63, 3.8) is 0 Å². The molecule has 0 aliphatic rings. The van der Waals surface area contributed by atoms with Gasteiger partial charge < -0.3 is 9.88 Å². The molecule has 0 aliphatic heterocycles. The van der Waals surface area contributed by atoms with Gasteiger partial charge in [-0.05, 0) is 26.3 Å². The number of aromatic nitrogens is 2. The van der Waals surface area contributed by atoms with Gasteiger partial charge >= 0.3 is 0 Å². The number of nitriles is 1. The molecule has 0 saturated carbocycles. The Morgan fingerprint density at radius 3 is 3.00 bits per heavy atom. The van der Waals surface area contributed by atoms with E-state index in [1.165, 1.54) is 0 Å². The average molecular weight is 206 g/mol. The summed E-state index contributed by atoms with van der Waals surface area (Å²) >= 11 is 0. The summed E-state index contributed by atoms with van der Waals surface area (Å²) in [5.74, 6) is 1.00. The molecular formula is C11H18N4. The first-order valence-electron chi connectivity index (χ1n) is 5.38. The quantitative estimate of drug-likeness (QED) is 0.767. The van der Waals surface area contributed by atoms with Crippen LogP contribution in [0.5, 0.6) is 0 Å². The van der Waals surface area contributed by atoms with Gasteiger partial charge in [0.1, 0.15) is 5.82 Å². The van der Waals surface area contributed by atoms with E-state index in [1.54, 1.807) is 6.20 Å². The summed E-state index contributed by atoms with van der Waals surface area (Å²) in [5, 5.41) is 12.1. The van der Waals surface area contributed by atoms with Crippen molar-refractivity contribution in [1.82, 2.24) is 14.9 Å². The Morgan fingerprint density at radius 2 is 2.47 bits per heavy atom. The van der Waals surface area contributed by atoms with Crippen molar-refractivity contribution >= 4 is 0 Å². The van der Waals surface area contributed by atoms with Gasteiger partial charge in [-0.25, -0.2) is 4.98 Å². The maximum absolute atomic E-state index is 8.91. The lowest BCUT2D eigenvalue weighted by Gasteiger charge is -2.11. The summed E-state index contributed by atoms with van der Waals surface area (Å²) in [7, 11) is 0. The fourth-order valence-electron chi connectivity index (χ4n) is 1.44. The van der Waals surface area contributed by atoms with Crippen LogP contribution in [0.4, 0.5) is 0 Å². The van der Waals surface area contributed by atoms with Gasteiger partial charge in [-0.15, -0.1) is 0 Å². The fourth-order valence-corrected chi connectivity index (χ4v) is 1.44. The second-order valence-electron chi connectivity index (χ2n) is 3.59. The second-order valence-corrected chi connectivity index (χ2v) is 3.59. The largest absolute Gasteiger partial charge is 0.335 e. The molecule has 82 valence electrons. The smallest absolute Gasteiger partial charge is 0.105 e. The molecule has 0 saturated heterocycles. The van der Waals surface area contributed by atoms with Crippen LogP contribution in [-0.2, 0) is 6.54 Å². The highest BCUT2D eigenvalue weighted by Crippen LogP contribution is 2.00. The van der Waals surface area contributed by atoms with Crippen LogP contribution < -0.4 is 5.32 Å². The van der Waals surface area contributed by atoms with Crippen LogP contribution in [-0.4, -0.2) is 22.1 Å². The lowest BCUT2D eigenvalue weighted by atomic mass is 10.2. The van der Waals surface area contributed by atoms with Crippen LogP contribution in [0.25, 0.3) is 0 Å². The van der Waals surface area contributed by atoms with E-state index in [4.69, 9.17) is 5.26 Å². The van der Waals surface area contributed by atoms with Gasteiger partial charge in [0, 0.05) is 18.9 Å². The maximum Gasteiger partial charge on any atom is 0.105 e. The minimum absolute atomic E-state index is 0.0493. The van der Waals surface area contributed by atoms with E-state index in [1.807, 2.05) is 13.1 Å². The van der Waals surface area contributed by atoms with Gasteiger partial charge in [-0.3, -0.25) is 0 Å². The monoisotopic (exact) mass is 206 g/mol. The second kappa shape index (κ2) is 6.20. The lowest BCUT2D eigenvalue weighted by Crippen LogP contribution is -2.29. The SMILES string of the molecule is CCCNC(C#N)CCn1ccnc1C. The van der Waals surface area contributed by atoms with Crippen molar-refractivity contribution < 1.29 is 0 Å². The molecule has 0 aliphatic carbocycles. The molecule has 0 radical (unpaired) electrons. The average Bonchev–Trinajstić information content (AvgIpc) is 2.65. The number of rotatable bonds is 6. The third-order valence-corrected chi connectivity index (χ3v) is 2.38. The number of hydrogen-bond acceptors (Lipinski definition) is 3. The molecule has 1 heterocycles. The topological polar surface area (TPSA) is 53.6 Å². The Balaban J connectivity index is 2.35. The summed E-state index contributed by atoms with van der Waals surface area (Å²) in [5.41, 5.74) is 0. The van der Waals surface area contributed by atoms with Crippen molar-refractivity contribution in [2.45, 2.75) is 39.3 Å². The predicted octanol–water partition coefficient (Wildman–Crippen LogP) is 1.47. The molecule has 1 atom stereocenters. The zero-order valence-corrected chi connectivity index (χ0v) is 9.40. The van der Waals surface area contributed by atoms with E-state index in [0.29, 0.717) is 0 Å². The van der Waals surface area contributed by atoms with Crippen LogP contribution in [0, 0.1) is 18.3 Å². The van der Waals surface area contributed by atoms with Crippen molar-refractivity contribution in [2.24, 2.45) is 0 Å². The molecule has 0 amide bonds. The zero-order valence-electron chi connectivity index (χ0n) is 9.40. The molecule has 1 unspecified atom stereocenters. The van der Waals surface area contributed by atoms with Gasteiger partial charge in [-0.2, -0.15) is 5.26 Å². The van der Waals surface area contributed by atoms with Crippen LogP contribution >= 0.6 is 0 Å². The molecule has 0 aromatic carbocycles. The summed E-state index contributed by atoms with van der Waals surface area (Å²) in [4.78, 5) is 4.14. The lowest BCUT2D eigenvalue weighted by molar-refractivity contribution is 0.511. The molecule has 15 heavy (non-hydrogen) atoms. The van der Waals surface area contributed by atoms with E-state index < -0.39 is 0 Å². The Labute approximate surface area is 90.9 Å². The summed E-state index contributed by atoms with van der Waals surface area (Å²) in [6.07, 6.45) is 5.62. The third kappa shape index (κ3) is 3.72. The number of hydrogen-bond donors (Lipinski definition) is 1. The number of nitrogens with zero attached hydrogens (tertiary/aromatic N) is 3. The highest BCUT2D eigenvalue weighted by atomic mass is 15.1. The zero-order chi connectivity index (χ0) is 11.1. The fraction of sp³-hybridized carbons (Fsp3) is 0.636. The van der Waals surface area contributed by atoms with E-state index >= 15 is 0 Å². The molecule has 4 heteroatoms. The van der Waals surface area contributed by atoms with Gasteiger partial charge in [-0.1, -0.05) is 6.92 Å². The molecule has 0 spiro atoms. The van der Waals surface area contributed by atoms with E-state index in [-0.39, 0.29) is 6.04 Å². The Morgan fingerprint density at radius 1 is 1.67 bits per heavy atom. The first-order valence-corrected chi connectivity index (χ1v) is 5.38. The number of imidazole rings is 1. The number of nitrogens with one attached hydrogen (secondary N) is 1. The van der Waals surface area contributed by atoms with Crippen LogP contribution in [0.2, 0.25) is 0 Å². The van der Waals surface area contributed by atoms with Gasteiger partial charge in [0.05, 0.1) is 12.1 Å². The van der Waals surface area contributed by atoms with Crippen molar-refractivity contribution in [2.75, 3.05) is 6.54 Å². The highest BCUT2D eigenvalue weighted by molar-refractivity contribution is 4.92. The first kappa shape index (κ1) is 11.7. The molecule has 1 aromatic rings. The molecule has 1 rings (SSSR count). The standard InChI is InChI=1S/C11H18N4/c1-3-5-14-11(9-12)4-7-15-8-6-13-10(15)2/h6,8,11,14H,3-5,7H2,1-2H3. The van der Waals surface area contributed by atoms with Crippen LogP contribution in [0.15, 0.2) is 12.4 Å². The number of aryl methyl sites for hydroxylation is 2. The molecule has 4 nitrogen and oxygen atoms in total. The molecule has 0 bridgehead atoms. The first-order chi connectivity index (χ1) is 7.27. The van der Waals surface area contributed by atoms with E-state index in [0.717, 1.165) is 31.8 Å². The normalized spacial score (nSPS) is 12.3. The van der Waals surface area contributed by atoms with Crippen molar-refractivity contribution in [3.05, 3.63) is 18.2 Å². The van der Waals surface area contributed by atoms with Crippen molar-refractivity contribution in [3.8, 4) is 6.07 Å². The van der Waals surface area contributed by atoms with Gasteiger partial charge in [0.15, 0.2) is 0 Å². The third-order valence-electron chi connectivity index (χ3n) is 2.38. The van der Waals surface area contributed by atoms with E-state index in [9.17, 15) is 0 Å². The Kier molecular flexibility index (Phi) is 4.85. The van der Waals surface area contributed by atoms with Gasteiger partial charge in [0.2, 0.25) is 0 Å². The van der Waals surface area contributed by atoms with Gasteiger partial charge in [0.25, 0.3) is 0 Å². The molecular weight excluding hydrogens is 188 g/mol. The maximum atomic E-state index is 8.91. The van der Waals surface area contributed by atoms with E-state index in [2.05, 4.69) is 27.9 Å².